The maximum Gasteiger partial charge on any atom is 0.407 e. The summed E-state index contributed by atoms with van der Waals surface area (Å²) in [7, 11) is 0. The highest BCUT2D eigenvalue weighted by Crippen LogP contribution is 2.36. The number of aromatic nitrogens is 1. The van der Waals surface area contributed by atoms with Crippen LogP contribution in [-0.2, 0) is 4.79 Å². The van der Waals surface area contributed by atoms with Crippen LogP contribution in [0.1, 0.15) is 36.0 Å². The Balaban J connectivity index is 1.72. The number of carbonyl (C=O) groups is 3. The van der Waals surface area contributed by atoms with E-state index >= 15 is 0 Å². The van der Waals surface area contributed by atoms with E-state index in [9.17, 15) is 29.9 Å². The number of nitriles is 1. The third-order valence-corrected chi connectivity index (χ3v) is 6.88. The number of nitrogens with zero attached hydrogens (tertiary/aromatic N) is 3. The lowest BCUT2D eigenvalue weighted by Crippen LogP contribution is -2.41. The van der Waals surface area contributed by atoms with Crippen molar-refractivity contribution in [3.63, 3.8) is 0 Å². The Kier molecular flexibility index (Phi) is 8.88. The predicted molar refractivity (Wildman–Crippen MR) is 161 cm³/mol. The first kappa shape index (κ1) is 29.8. The third-order valence-electron chi connectivity index (χ3n) is 6.02. The van der Waals surface area contributed by atoms with Crippen LogP contribution >= 0.6 is 11.3 Å². The molecule has 0 spiro atoms. The second kappa shape index (κ2) is 12.5. The predicted octanol–water partition coefficient (Wildman–Crippen LogP) is 6.27. The second-order valence-corrected chi connectivity index (χ2v) is 11.6. The summed E-state index contributed by atoms with van der Waals surface area (Å²) in [5.41, 5.74) is 1.78. The lowest BCUT2D eigenvalue weighted by Gasteiger charge is -2.27. The Bertz CT molecular complexity index is 1670. The van der Waals surface area contributed by atoms with Crippen LogP contribution in [0.25, 0.3) is 22.4 Å². The fraction of sp³-hybridized carbons (Fsp3) is 0.194. The molecule has 0 aliphatic heterocycles. The van der Waals surface area contributed by atoms with Gasteiger partial charge < -0.3 is 20.8 Å². The highest BCUT2D eigenvalue weighted by Gasteiger charge is 2.23. The number of nitrogens with one attached hydrogen (secondary N) is 2. The van der Waals surface area contributed by atoms with Gasteiger partial charge in [0.25, 0.3) is 5.91 Å². The number of carbonyl (C=O) groups excluding carboxylic acids is 2. The van der Waals surface area contributed by atoms with E-state index in [2.05, 4.69) is 21.7 Å². The average molecular weight is 584 g/mol. The van der Waals surface area contributed by atoms with Crippen molar-refractivity contribution in [2.45, 2.75) is 20.8 Å². The Morgan fingerprint density at radius 1 is 1.00 bits per heavy atom. The zero-order valence-corrected chi connectivity index (χ0v) is 24.0. The summed E-state index contributed by atoms with van der Waals surface area (Å²) in [6.07, 6.45) is -1.20. The topological polar surface area (TPSA) is 156 Å². The molecular weight excluding hydrogens is 554 g/mol. The first-order chi connectivity index (χ1) is 19.9. The molecule has 0 saturated carbocycles. The number of para-hydroxylation sites is 1. The van der Waals surface area contributed by atoms with Crippen LogP contribution < -0.4 is 10.6 Å². The van der Waals surface area contributed by atoms with Crippen LogP contribution in [0, 0.1) is 16.7 Å². The zero-order valence-electron chi connectivity index (χ0n) is 23.2. The maximum atomic E-state index is 12.9. The fourth-order valence-electron chi connectivity index (χ4n) is 4.28. The van der Waals surface area contributed by atoms with Crippen molar-refractivity contribution in [1.82, 2.24) is 9.88 Å². The molecule has 214 valence electrons. The summed E-state index contributed by atoms with van der Waals surface area (Å²) in [6, 6.07) is 20.4. The SMILES string of the molecule is CC(C)(C)CN(CC(=O)Nc1cccc(-c2cc(-c3ccccc3O)nc(NC(=O)c3cccs3)c2C#N)c1)C(=O)O. The minimum Gasteiger partial charge on any atom is -0.507 e. The van der Waals surface area contributed by atoms with Crippen molar-refractivity contribution < 1.29 is 24.6 Å². The molecule has 0 fully saturated rings. The van der Waals surface area contributed by atoms with Crippen LogP contribution in [-0.4, -0.2) is 51.1 Å². The Morgan fingerprint density at radius 3 is 2.40 bits per heavy atom. The quantitative estimate of drug-likeness (QED) is 0.190. The van der Waals surface area contributed by atoms with E-state index in [0.29, 0.717) is 32.9 Å². The van der Waals surface area contributed by atoms with E-state index in [1.807, 2.05) is 20.8 Å². The standard InChI is InChI=1S/C31H29N5O5S/c1-31(2,3)18-36(30(40)41)17-27(38)33-20-9-6-8-19(14-20)22-15-24(21-10-4-5-11-25(21)37)34-28(23(22)16-32)35-29(39)26-12-7-13-42-26/h4-15,37H,17-18H2,1-3H3,(H,33,38)(H,40,41)(H,34,35,39). The molecule has 3 amide bonds. The van der Waals surface area contributed by atoms with Gasteiger partial charge in [-0.1, -0.05) is 51.1 Å². The minimum atomic E-state index is -1.20. The largest absolute Gasteiger partial charge is 0.507 e. The average Bonchev–Trinajstić information content (AvgIpc) is 3.47. The van der Waals surface area contributed by atoms with E-state index in [1.54, 1.807) is 66.0 Å². The van der Waals surface area contributed by atoms with Crippen LogP contribution in [0.5, 0.6) is 5.75 Å². The van der Waals surface area contributed by atoms with Gasteiger partial charge in [-0.15, -0.1) is 11.3 Å². The Hall–Kier alpha value is -5.21. The lowest BCUT2D eigenvalue weighted by atomic mass is 9.96. The van der Waals surface area contributed by atoms with Crippen molar-refractivity contribution in [1.29, 1.82) is 5.26 Å². The molecule has 4 N–H and O–H groups in total. The van der Waals surface area contributed by atoms with Crippen LogP contribution in [0.15, 0.2) is 72.1 Å². The zero-order chi connectivity index (χ0) is 30.4. The number of phenols is 1. The van der Waals surface area contributed by atoms with Crippen molar-refractivity contribution in [3.05, 3.63) is 82.6 Å². The molecule has 0 saturated heterocycles. The number of benzene rings is 2. The van der Waals surface area contributed by atoms with E-state index in [4.69, 9.17) is 0 Å². The number of thiophene rings is 1. The van der Waals surface area contributed by atoms with E-state index in [0.717, 1.165) is 4.90 Å². The smallest absolute Gasteiger partial charge is 0.407 e. The van der Waals surface area contributed by atoms with Gasteiger partial charge in [0.15, 0.2) is 5.82 Å². The molecular formula is C31H29N5O5S. The third kappa shape index (κ3) is 7.30. The summed E-state index contributed by atoms with van der Waals surface area (Å²) in [4.78, 5) is 43.4. The maximum absolute atomic E-state index is 12.9. The molecule has 4 rings (SSSR count). The molecule has 0 atom stereocenters. The molecule has 2 aromatic carbocycles. The summed E-state index contributed by atoms with van der Waals surface area (Å²) in [5.74, 6) is -0.975. The molecule has 0 unspecified atom stereocenters. The van der Waals surface area contributed by atoms with E-state index in [-0.39, 0.29) is 35.6 Å². The number of hydrogen-bond acceptors (Lipinski definition) is 7. The van der Waals surface area contributed by atoms with E-state index in [1.165, 1.54) is 17.4 Å². The number of anilines is 2. The van der Waals surface area contributed by atoms with Gasteiger partial charge >= 0.3 is 6.09 Å². The van der Waals surface area contributed by atoms with Crippen molar-refractivity contribution in [2.75, 3.05) is 23.7 Å². The van der Waals surface area contributed by atoms with Crippen LogP contribution in [0.4, 0.5) is 16.3 Å². The van der Waals surface area contributed by atoms with Crippen molar-refractivity contribution in [2.24, 2.45) is 5.41 Å². The van der Waals surface area contributed by atoms with Gasteiger partial charge in [-0.25, -0.2) is 9.78 Å². The molecule has 42 heavy (non-hydrogen) atoms. The van der Waals surface area contributed by atoms with Gasteiger partial charge in [-0.3, -0.25) is 14.5 Å². The number of rotatable bonds is 8. The fourth-order valence-corrected chi connectivity index (χ4v) is 4.90. The highest BCUT2D eigenvalue weighted by atomic mass is 32.1. The van der Waals surface area contributed by atoms with Gasteiger partial charge in [0.1, 0.15) is 23.9 Å². The molecule has 0 aliphatic rings. The number of hydrogen-bond donors (Lipinski definition) is 4. The highest BCUT2D eigenvalue weighted by molar-refractivity contribution is 7.12. The van der Waals surface area contributed by atoms with Gasteiger partial charge in [0.2, 0.25) is 5.91 Å². The number of aromatic hydroxyl groups is 1. The monoisotopic (exact) mass is 583 g/mol. The first-order valence-electron chi connectivity index (χ1n) is 12.9. The Morgan fingerprint density at radius 2 is 1.76 bits per heavy atom. The summed E-state index contributed by atoms with van der Waals surface area (Å²) >= 11 is 1.24. The molecule has 10 nitrogen and oxygen atoms in total. The number of pyridine rings is 1. The second-order valence-electron chi connectivity index (χ2n) is 10.7. The summed E-state index contributed by atoms with van der Waals surface area (Å²) in [6.45, 7) is 5.46. The number of phenolic OH excluding ortho intramolecular Hbond substituents is 1. The molecule has 2 heterocycles. The van der Waals surface area contributed by atoms with Gasteiger partial charge in [-0.05, 0) is 52.8 Å². The number of amides is 3. The Labute approximate surface area is 246 Å². The van der Waals surface area contributed by atoms with Crippen molar-refractivity contribution in [3.8, 4) is 34.2 Å². The molecule has 0 bridgehead atoms. The molecule has 4 aromatic rings. The van der Waals surface area contributed by atoms with E-state index < -0.39 is 17.9 Å². The van der Waals surface area contributed by atoms with Crippen LogP contribution in [0.2, 0.25) is 0 Å². The molecule has 0 aliphatic carbocycles. The molecule has 0 radical (unpaired) electrons. The summed E-state index contributed by atoms with van der Waals surface area (Å²) in [5, 5.41) is 37.4. The minimum absolute atomic E-state index is 0.0142. The van der Waals surface area contributed by atoms with Gasteiger partial charge in [0.05, 0.1) is 10.6 Å². The lowest BCUT2D eigenvalue weighted by molar-refractivity contribution is -0.117. The molecule has 11 heteroatoms. The van der Waals surface area contributed by atoms with Crippen LogP contribution in [0.3, 0.4) is 0 Å². The van der Waals surface area contributed by atoms with Crippen molar-refractivity contribution >= 4 is 40.7 Å². The van der Waals surface area contributed by atoms with Gasteiger partial charge in [-0.2, -0.15) is 5.26 Å². The molecule has 2 aromatic heterocycles. The normalized spacial score (nSPS) is 10.9. The van der Waals surface area contributed by atoms with Gasteiger partial charge in [0, 0.05) is 23.4 Å². The number of carboxylic acid groups (broad SMARTS) is 1. The first-order valence-corrected chi connectivity index (χ1v) is 13.8. The summed E-state index contributed by atoms with van der Waals surface area (Å²) < 4.78 is 0.